The van der Waals surface area contributed by atoms with Gasteiger partial charge in [0.25, 0.3) is 0 Å². The minimum atomic E-state index is -1.56. The highest BCUT2D eigenvalue weighted by Crippen LogP contribution is 2.04. The SMILES string of the molecule is CN(CCc1ccc(F)cc1)C(=O)/C=C(\O)C(=O)O. The highest BCUT2D eigenvalue weighted by molar-refractivity contribution is 5.95. The quantitative estimate of drug-likeness (QED) is 0.623. The van der Waals surface area contributed by atoms with Gasteiger partial charge in [0.05, 0.1) is 6.08 Å². The van der Waals surface area contributed by atoms with Gasteiger partial charge in [-0.15, -0.1) is 0 Å². The van der Waals surface area contributed by atoms with E-state index in [-0.39, 0.29) is 5.82 Å². The third-order valence-corrected chi connectivity index (χ3v) is 2.50. The number of carbonyl (C=O) groups is 2. The molecule has 0 heterocycles. The summed E-state index contributed by atoms with van der Waals surface area (Å²) >= 11 is 0. The van der Waals surface area contributed by atoms with E-state index in [9.17, 15) is 14.0 Å². The van der Waals surface area contributed by atoms with Crippen molar-refractivity contribution in [2.75, 3.05) is 13.6 Å². The maximum atomic E-state index is 12.7. The van der Waals surface area contributed by atoms with Crippen molar-refractivity contribution in [1.82, 2.24) is 4.90 Å². The zero-order valence-corrected chi connectivity index (χ0v) is 10.3. The Hall–Kier alpha value is -2.37. The molecule has 0 spiro atoms. The fourth-order valence-corrected chi connectivity index (χ4v) is 1.35. The number of carbonyl (C=O) groups excluding carboxylic acids is 1. The largest absolute Gasteiger partial charge is 0.502 e. The first-order valence-electron chi connectivity index (χ1n) is 5.53. The zero-order chi connectivity index (χ0) is 14.4. The number of benzene rings is 1. The topological polar surface area (TPSA) is 77.8 Å². The number of halogens is 1. The third kappa shape index (κ3) is 4.79. The van der Waals surface area contributed by atoms with E-state index in [1.165, 1.54) is 24.1 Å². The van der Waals surface area contributed by atoms with Crippen molar-refractivity contribution >= 4 is 11.9 Å². The molecule has 0 unspecified atom stereocenters. The molecular weight excluding hydrogens is 253 g/mol. The Morgan fingerprint density at radius 3 is 2.37 bits per heavy atom. The van der Waals surface area contributed by atoms with Crippen LogP contribution in [0.5, 0.6) is 0 Å². The highest BCUT2D eigenvalue weighted by atomic mass is 19.1. The van der Waals surface area contributed by atoms with Crippen molar-refractivity contribution in [1.29, 1.82) is 0 Å². The van der Waals surface area contributed by atoms with Gasteiger partial charge in [-0.25, -0.2) is 9.18 Å². The summed E-state index contributed by atoms with van der Waals surface area (Å²) in [6.45, 7) is 0.327. The average molecular weight is 267 g/mol. The van der Waals surface area contributed by atoms with Crippen LogP contribution in [0.25, 0.3) is 0 Å². The van der Waals surface area contributed by atoms with E-state index in [1.807, 2.05) is 0 Å². The van der Waals surface area contributed by atoms with Crippen molar-refractivity contribution in [3.8, 4) is 0 Å². The maximum absolute atomic E-state index is 12.7. The van der Waals surface area contributed by atoms with E-state index < -0.39 is 17.6 Å². The first-order valence-corrected chi connectivity index (χ1v) is 5.53. The van der Waals surface area contributed by atoms with E-state index in [2.05, 4.69) is 0 Å². The van der Waals surface area contributed by atoms with Gasteiger partial charge in [0, 0.05) is 13.6 Å². The number of rotatable bonds is 5. The van der Waals surface area contributed by atoms with Crippen molar-refractivity contribution in [2.45, 2.75) is 6.42 Å². The predicted octanol–water partition coefficient (Wildman–Crippen LogP) is 1.35. The monoisotopic (exact) mass is 267 g/mol. The fourth-order valence-electron chi connectivity index (χ4n) is 1.35. The van der Waals surface area contributed by atoms with Crippen LogP contribution in [0.2, 0.25) is 0 Å². The molecule has 0 saturated carbocycles. The molecule has 1 rings (SSSR count). The smallest absolute Gasteiger partial charge is 0.371 e. The van der Waals surface area contributed by atoms with Crippen molar-refractivity contribution < 1.29 is 24.2 Å². The molecule has 0 bridgehead atoms. The number of carboxylic acid groups (broad SMARTS) is 1. The summed E-state index contributed by atoms with van der Waals surface area (Å²) in [5.41, 5.74) is 0.854. The minimum Gasteiger partial charge on any atom is -0.502 e. The van der Waals surface area contributed by atoms with Crippen LogP contribution in [-0.4, -0.2) is 40.6 Å². The van der Waals surface area contributed by atoms with Gasteiger partial charge in [0.15, 0.2) is 0 Å². The average Bonchev–Trinajstić information content (AvgIpc) is 2.37. The van der Waals surface area contributed by atoms with Gasteiger partial charge in [-0.1, -0.05) is 12.1 Å². The molecule has 1 aromatic carbocycles. The Morgan fingerprint density at radius 2 is 1.84 bits per heavy atom. The number of aliphatic carboxylic acids is 1. The van der Waals surface area contributed by atoms with Gasteiger partial charge in [-0.3, -0.25) is 4.79 Å². The van der Waals surface area contributed by atoms with Crippen molar-refractivity contribution in [3.05, 3.63) is 47.5 Å². The molecule has 0 aliphatic heterocycles. The number of aliphatic hydroxyl groups is 1. The van der Waals surface area contributed by atoms with E-state index in [0.717, 1.165) is 5.56 Å². The van der Waals surface area contributed by atoms with Crippen LogP contribution < -0.4 is 0 Å². The van der Waals surface area contributed by atoms with E-state index in [4.69, 9.17) is 10.2 Å². The molecule has 0 atom stereocenters. The second-order valence-corrected chi connectivity index (χ2v) is 3.97. The maximum Gasteiger partial charge on any atom is 0.371 e. The standard InChI is InChI=1S/C13H14FNO4/c1-15(12(17)8-11(16)13(18)19)7-6-9-2-4-10(14)5-3-9/h2-5,8,16H,6-7H2,1H3,(H,18,19)/b11-8-. The molecule has 5 nitrogen and oxygen atoms in total. The summed E-state index contributed by atoms with van der Waals surface area (Å²) in [6, 6.07) is 5.87. The van der Waals surface area contributed by atoms with Crippen LogP contribution in [0.1, 0.15) is 5.56 Å². The normalized spacial score (nSPS) is 11.2. The number of likely N-dealkylation sites (N-methyl/N-ethyl adjacent to an activating group) is 1. The van der Waals surface area contributed by atoms with Crippen LogP contribution in [0, 0.1) is 5.82 Å². The van der Waals surface area contributed by atoms with Gasteiger partial charge in [0.1, 0.15) is 5.82 Å². The van der Waals surface area contributed by atoms with Gasteiger partial charge < -0.3 is 15.1 Å². The van der Waals surface area contributed by atoms with E-state index in [1.54, 1.807) is 12.1 Å². The number of aliphatic hydroxyl groups excluding tert-OH is 1. The Kier molecular flexibility index (Phi) is 5.05. The van der Waals surface area contributed by atoms with Crippen LogP contribution in [-0.2, 0) is 16.0 Å². The Bertz CT molecular complexity index is 496. The van der Waals surface area contributed by atoms with Crippen LogP contribution in [0.15, 0.2) is 36.1 Å². The molecule has 0 saturated heterocycles. The van der Waals surface area contributed by atoms with E-state index in [0.29, 0.717) is 19.0 Å². The number of nitrogens with zero attached hydrogens (tertiary/aromatic N) is 1. The van der Waals surface area contributed by atoms with Gasteiger partial charge >= 0.3 is 5.97 Å². The molecule has 0 radical (unpaired) electrons. The Morgan fingerprint density at radius 1 is 1.26 bits per heavy atom. The fraction of sp³-hybridized carbons (Fsp3) is 0.231. The summed E-state index contributed by atoms with van der Waals surface area (Å²) in [7, 11) is 1.48. The predicted molar refractivity (Wildman–Crippen MR) is 66.1 cm³/mol. The lowest BCUT2D eigenvalue weighted by molar-refractivity contribution is -0.136. The number of amides is 1. The van der Waals surface area contributed by atoms with Crippen molar-refractivity contribution in [2.24, 2.45) is 0 Å². The lowest BCUT2D eigenvalue weighted by Gasteiger charge is -2.15. The van der Waals surface area contributed by atoms with Gasteiger partial charge in [-0.2, -0.15) is 0 Å². The Balaban J connectivity index is 2.53. The summed E-state index contributed by atoms with van der Waals surface area (Å²) < 4.78 is 12.7. The molecule has 0 aliphatic carbocycles. The molecule has 2 N–H and O–H groups in total. The second kappa shape index (κ2) is 6.53. The number of hydrogen-bond donors (Lipinski definition) is 2. The van der Waals surface area contributed by atoms with Gasteiger partial charge in [-0.05, 0) is 24.1 Å². The lowest BCUT2D eigenvalue weighted by Crippen LogP contribution is -2.27. The minimum absolute atomic E-state index is 0.327. The molecule has 102 valence electrons. The van der Waals surface area contributed by atoms with Crippen LogP contribution in [0.4, 0.5) is 4.39 Å². The molecule has 0 aliphatic rings. The number of hydrogen-bond acceptors (Lipinski definition) is 3. The molecule has 1 aromatic rings. The zero-order valence-electron chi connectivity index (χ0n) is 10.3. The molecule has 1 amide bonds. The summed E-state index contributed by atoms with van der Waals surface area (Å²) in [4.78, 5) is 23.1. The van der Waals surface area contributed by atoms with Crippen LogP contribution >= 0.6 is 0 Å². The molecule has 19 heavy (non-hydrogen) atoms. The summed E-state index contributed by atoms with van der Waals surface area (Å²) in [5, 5.41) is 17.4. The third-order valence-electron chi connectivity index (χ3n) is 2.50. The van der Waals surface area contributed by atoms with Gasteiger partial charge in [0.2, 0.25) is 11.7 Å². The molecule has 6 heteroatoms. The van der Waals surface area contributed by atoms with E-state index >= 15 is 0 Å². The first-order chi connectivity index (χ1) is 8.90. The summed E-state index contributed by atoms with van der Waals surface area (Å²) in [5.74, 6) is -3.50. The van der Waals surface area contributed by atoms with Crippen LogP contribution in [0.3, 0.4) is 0 Å². The molecule has 0 aromatic heterocycles. The molecular formula is C13H14FNO4. The highest BCUT2D eigenvalue weighted by Gasteiger charge is 2.11. The lowest BCUT2D eigenvalue weighted by atomic mass is 10.1. The molecule has 0 fully saturated rings. The number of carboxylic acids is 1. The van der Waals surface area contributed by atoms with Crippen molar-refractivity contribution in [3.63, 3.8) is 0 Å². The second-order valence-electron chi connectivity index (χ2n) is 3.97. The Labute approximate surface area is 109 Å². The first kappa shape index (κ1) is 14.7. The summed E-state index contributed by atoms with van der Waals surface area (Å²) in [6.07, 6.45) is 1.15.